The van der Waals surface area contributed by atoms with Crippen LogP contribution in [0.15, 0.2) is 42.5 Å². The molecule has 2 N–H and O–H groups in total. The summed E-state index contributed by atoms with van der Waals surface area (Å²) in [4.78, 5) is 0. The van der Waals surface area contributed by atoms with Crippen LogP contribution in [0.25, 0.3) is 10.8 Å². The highest BCUT2D eigenvalue weighted by molar-refractivity contribution is 5.83. The van der Waals surface area contributed by atoms with Gasteiger partial charge in [-0.1, -0.05) is 30.3 Å². The molecule has 0 spiro atoms. The lowest BCUT2D eigenvalue weighted by atomic mass is 10.1. The smallest absolute Gasteiger partial charge is 0.137 e. The number of fused-ring (bicyclic) bond motifs is 1. The van der Waals surface area contributed by atoms with E-state index in [0.29, 0.717) is 0 Å². The van der Waals surface area contributed by atoms with Gasteiger partial charge in [0.05, 0.1) is 0 Å². The third kappa shape index (κ3) is 1.63. The molecule has 66 valence electrons. The third-order valence-corrected chi connectivity index (χ3v) is 1.97. The quantitative estimate of drug-likeness (QED) is 0.706. The zero-order valence-electron chi connectivity index (χ0n) is 7.23. The normalized spacial score (nSPS) is 10.2. The van der Waals surface area contributed by atoms with Crippen LogP contribution >= 0.6 is 0 Å². The van der Waals surface area contributed by atoms with Gasteiger partial charge >= 0.3 is 0 Å². The topological polar surface area (TPSA) is 35.2 Å². The zero-order chi connectivity index (χ0) is 9.10. The van der Waals surface area contributed by atoms with Crippen molar-refractivity contribution in [3.8, 4) is 5.75 Å². The lowest BCUT2D eigenvalue weighted by Gasteiger charge is -2.03. The zero-order valence-corrected chi connectivity index (χ0v) is 7.23. The fourth-order valence-corrected chi connectivity index (χ4v) is 1.35. The lowest BCUT2D eigenvalue weighted by Crippen LogP contribution is -2.06. The molecule has 0 saturated heterocycles. The number of hydrogen-bond donors (Lipinski definition) is 1. The summed E-state index contributed by atoms with van der Waals surface area (Å²) in [6.07, 6.45) is 0. The summed E-state index contributed by atoms with van der Waals surface area (Å²) in [5, 5.41) is 2.39. The van der Waals surface area contributed by atoms with Crippen LogP contribution in [0.1, 0.15) is 0 Å². The van der Waals surface area contributed by atoms with Crippen LogP contribution in [0.3, 0.4) is 0 Å². The van der Waals surface area contributed by atoms with Gasteiger partial charge in [0.15, 0.2) is 0 Å². The summed E-state index contributed by atoms with van der Waals surface area (Å²) in [7, 11) is 0. The standard InChI is InChI=1S/C11H11NO/c12-8-13-11-6-5-9-3-1-2-4-10(9)7-11/h1-7H,8,12H2. The van der Waals surface area contributed by atoms with Gasteiger partial charge in [0.2, 0.25) is 0 Å². The lowest BCUT2D eigenvalue weighted by molar-refractivity contribution is 0.330. The predicted octanol–water partition coefficient (Wildman–Crippen LogP) is 2.13. The minimum absolute atomic E-state index is 0.221. The molecule has 0 radical (unpaired) electrons. The first-order valence-corrected chi connectivity index (χ1v) is 4.22. The molecule has 2 rings (SSSR count). The Morgan fingerprint density at radius 3 is 2.54 bits per heavy atom. The summed E-state index contributed by atoms with van der Waals surface area (Å²) >= 11 is 0. The van der Waals surface area contributed by atoms with E-state index in [1.807, 2.05) is 30.3 Å². The highest BCUT2D eigenvalue weighted by Crippen LogP contribution is 2.19. The van der Waals surface area contributed by atoms with Gasteiger partial charge in [-0.15, -0.1) is 0 Å². The SMILES string of the molecule is NCOc1ccc2ccccc2c1. The van der Waals surface area contributed by atoms with E-state index in [2.05, 4.69) is 12.1 Å². The molecule has 0 unspecified atom stereocenters. The van der Waals surface area contributed by atoms with Crippen LogP contribution in [-0.2, 0) is 0 Å². The first kappa shape index (κ1) is 8.08. The van der Waals surface area contributed by atoms with Crippen LogP contribution in [0.2, 0.25) is 0 Å². The van der Waals surface area contributed by atoms with E-state index in [-0.39, 0.29) is 6.73 Å². The molecule has 2 nitrogen and oxygen atoms in total. The maximum Gasteiger partial charge on any atom is 0.137 e. The number of nitrogens with two attached hydrogens (primary N) is 1. The first-order valence-electron chi connectivity index (χ1n) is 4.22. The molecular formula is C11H11NO. The Morgan fingerprint density at radius 2 is 1.77 bits per heavy atom. The number of benzene rings is 2. The van der Waals surface area contributed by atoms with Crippen molar-refractivity contribution in [1.29, 1.82) is 0 Å². The molecule has 0 bridgehead atoms. The Labute approximate surface area is 76.9 Å². The van der Waals surface area contributed by atoms with E-state index >= 15 is 0 Å². The second kappa shape index (κ2) is 3.46. The van der Waals surface area contributed by atoms with Crippen LogP contribution in [0.5, 0.6) is 5.75 Å². The molecule has 0 aromatic heterocycles. The molecule has 0 aliphatic rings. The van der Waals surface area contributed by atoms with Crippen molar-refractivity contribution in [2.45, 2.75) is 0 Å². The van der Waals surface area contributed by atoms with E-state index in [4.69, 9.17) is 10.5 Å². The van der Waals surface area contributed by atoms with Gasteiger partial charge in [0, 0.05) is 0 Å². The number of hydrogen-bond acceptors (Lipinski definition) is 2. The van der Waals surface area contributed by atoms with Gasteiger partial charge in [0.25, 0.3) is 0 Å². The van der Waals surface area contributed by atoms with Gasteiger partial charge in [-0.2, -0.15) is 0 Å². The molecule has 0 amide bonds. The molecule has 0 aliphatic heterocycles. The van der Waals surface area contributed by atoms with Crippen LogP contribution in [0.4, 0.5) is 0 Å². The van der Waals surface area contributed by atoms with Crippen molar-refractivity contribution in [1.82, 2.24) is 0 Å². The highest BCUT2D eigenvalue weighted by Gasteiger charge is 1.94. The average molecular weight is 173 g/mol. The van der Waals surface area contributed by atoms with E-state index in [9.17, 15) is 0 Å². The molecule has 0 heterocycles. The Morgan fingerprint density at radius 1 is 1.00 bits per heavy atom. The Hall–Kier alpha value is -1.54. The maximum absolute atomic E-state index is 5.28. The monoisotopic (exact) mass is 173 g/mol. The van der Waals surface area contributed by atoms with Gasteiger partial charge < -0.3 is 4.74 Å². The molecule has 2 heteroatoms. The highest BCUT2D eigenvalue weighted by atomic mass is 16.5. The summed E-state index contributed by atoms with van der Waals surface area (Å²) in [6.45, 7) is 0.221. The van der Waals surface area contributed by atoms with Gasteiger partial charge in [-0.3, -0.25) is 5.73 Å². The molecule has 2 aromatic rings. The van der Waals surface area contributed by atoms with Gasteiger partial charge in [0.1, 0.15) is 12.5 Å². The summed E-state index contributed by atoms with van der Waals surface area (Å²) < 4.78 is 5.19. The number of rotatable bonds is 2. The van der Waals surface area contributed by atoms with Crippen LogP contribution < -0.4 is 10.5 Å². The van der Waals surface area contributed by atoms with Crippen molar-refractivity contribution < 1.29 is 4.74 Å². The second-order valence-corrected chi connectivity index (χ2v) is 2.82. The van der Waals surface area contributed by atoms with Gasteiger partial charge in [-0.05, 0) is 22.9 Å². The van der Waals surface area contributed by atoms with E-state index < -0.39 is 0 Å². The molecule has 0 saturated carbocycles. The van der Waals surface area contributed by atoms with Crippen molar-refractivity contribution in [2.75, 3.05) is 6.73 Å². The van der Waals surface area contributed by atoms with Crippen molar-refractivity contribution in [3.05, 3.63) is 42.5 Å². The fraction of sp³-hybridized carbons (Fsp3) is 0.0909. The Balaban J connectivity index is 2.49. The Kier molecular flexibility index (Phi) is 2.15. The maximum atomic E-state index is 5.28. The fourth-order valence-electron chi connectivity index (χ4n) is 1.35. The van der Waals surface area contributed by atoms with E-state index in [1.165, 1.54) is 10.8 Å². The first-order chi connectivity index (χ1) is 6.40. The van der Waals surface area contributed by atoms with Crippen LogP contribution in [-0.4, -0.2) is 6.73 Å². The van der Waals surface area contributed by atoms with E-state index in [0.717, 1.165) is 5.75 Å². The molecule has 13 heavy (non-hydrogen) atoms. The summed E-state index contributed by atoms with van der Waals surface area (Å²) in [6, 6.07) is 14.1. The average Bonchev–Trinajstić information content (AvgIpc) is 2.18. The minimum Gasteiger partial charge on any atom is -0.479 e. The molecule has 0 atom stereocenters. The van der Waals surface area contributed by atoms with Crippen molar-refractivity contribution in [2.24, 2.45) is 5.73 Å². The molecule has 0 fully saturated rings. The molecule has 2 aromatic carbocycles. The van der Waals surface area contributed by atoms with Crippen molar-refractivity contribution in [3.63, 3.8) is 0 Å². The molecule has 0 aliphatic carbocycles. The third-order valence-electron chi connectivity index (χ3n) is 1.97. The van der Waals surface area contributed by atoms with Crippen molar-refractivity contribution >= 4 is 10.8 Å². The van der Waals surface area contributed by atoms with Gasteiger partial charge in [-0.25, -0.2) is 0 Å². The predicted molar refractivity (Wildman–Crippen MR) is 53.6 cm³/mol. The Bertz CT molecular complexity index is 412. The molecular weight excluding hydrogens is 162 g/mol. The summed E-state index contributed by atoms with van der Waals surface area (Å²) in [5.41, 5.74) is 5.28. The minimum atomic E-state index is 0.221. The van der Waals surface area contributed by atoms with E-state index in [1.54, 1.807) is 0 Å². The number of ether oxygens (including phenoxy) is 1. The van der Waals surface area contributed by atoms with Crippen LogP contribution in [0, 0.1) is 0 Å². The summed E-state index contributed by atoms with van der Waals surface area (Å²) in [5.74, 6) is 0.821. The second-order valence-electron chi connectivity index (χ2n) is 2.82. The largest absolute Gasteiger partial charge is 0.479 e.